The molecule has 0 radical (unpaired) electrons. The van der Waals surface area contributed by atoms with Gasteiger partial charge < -0.3 is 10.0 Å². The number of benzene rings is 1. The topological polar surface area (TPSA) is 40.5 Å². The molecule has 3 nitrogen and oxygen atoms in total. The Bertz CT molecular complexity index is 347. The number of hydrogen-bond acceptors (Lipinski definition) is 2. The quantitative estimate of drug-likeness (QED) is 0.859. The highest BCUT2D eigenvalue weighted by Gasteiger charge is 2.22. The second-order valence-corrected chi connectivity index (χ2v) is 5.27. The zero-order valence-corrected chi connectivity index (χ0v) is 9.82. The van der Waals surface area contributed by atoms with Gasteiger partial charge in [0.2, 0.25) is 0 Å². The molecule has 0 aromatic heterocycles. The molecule has 1 amide bonds. The summed E-state index contributed by atoms with van der Waals surface area (Å²) >= 11 is 1.86. The van der Waals surface area contributed by atoms with Gasteiger partial charge in [0.1, 0.15) is 0 Å². The normalized spacial score (nSPS) is 17.4. The van der Waals surface area contributed by atoms with Crippen LogP contribution in [0.15, 0.2) is 35.2 Å². The molecule has 0 unspecified atom stereocenters. The smallest absolute Gasteiger partial charge is 0.407 e. The maximum atomic E-state index is 10.7. The lowest BCUT2D eigenvalue weighted by atomic mass is 10.1. The highest BCUT2D eigenvalue weighted by atomic mass is 32.2. The lowest BCUT2D eigenvalue weighted by Crippen LogP contribution is -2.38. The fraction of sp³-hybridized carbons (Fsp3) is 0.417. The molecule has 1 saturated heterocycles. The summed E-state index contributed by atoms with van der Waals surface area (Å²) in [6, 6.07) is 10.3. The SMILES string of the molecule is O=C(O)N1CCC(Sc2ccccc2)CC1. The highest BCUT2D eigenvalue weighted by Crippen LogP contribution is 2.29. The number of amides is 1. The van der Waals surface area contributed by atoms with Gasteiger partial charge in [-0.3, -0.25) is 0 Å². The molecule has 1 aliphatic heterocycles. The maximum absolute atomic E-state index is 10.7. The minimum Gasteiger partial charge on any atom is -0.465 e. The second kappa shape index (κ2) is 5.25. The Morgan fingerprint density at radius 1 is 1.25 bits per heavy atom. The van der Waals surface area contributed by atoms with Gasteiger partial charge in [-0.2, -0.15) is 0 Å². The highest BCUT2D eigenvalue weighted by molar-refractivity contribution is 8.00. The Balaban J connectivity index is 1.84. The van der Waals surface area contributed by atoms with Gasteiger partial charge in [0.25, 0.3) is 0 Å². The lowest BCUT2D eigenvalue weighted by molar-refractivity contribution is 0.136. The molecule has 1 N–H and O–H groups in total. The molecule has 1 heterocycles. The summed E-state index contributed by atoms with van der Waals surface area (Å²) < 4.78 is 0. The van der Waals surface area contributed by atoms with Gasteiger partial charge in [-0.15, -0.1) is 11.8 Å². The third-order valence-electron chi connectivity index (χ3n) is 2.76. The summed E-state index contributed by atoms with van der Waals surface area (Å²) in [4.78, 5) is 13.5. The van der Waals surface area contributed by atoms with Crippen LogP contribution in [0, 0.1) is 0 Å². The molecule has 1 aliphatic rings. The minimum atomic E-state index is -0.789. The molecule has 0 bridgehead atoms. The molecule has 1 aromatic carbocycles. The van der Waals surface area contributed by atoms with E-state index in [9.17, 15) is 4.79 Å². The fourth-order valence-corrected chi connectivity index (χ4v) is 3.00. The van der Waals surface area contributed by atoms with Crippen LogP contribution in [0.1, 0.15) is 12.8 Å². The summed E-state index contributed by atoms with van der Waals surface area (Å²) in [5.74, 6) is 0. The zero-order chi connectivity index (χ0) is 11.4. The van der Waals surface area contributed by atoms with Crippen molar-refractivity contribution in [3.8, 4) is 0 Å². The number of nitrogens with zero attached hydrogens (tertiary/aromatic N) is 1. The van der Waals surface area contributed by atoms with Gasteiger partial charge >= 0.3 is 6.09 Å². The molecular weight excluding hydrogens is 222 g/mol. The minimum absolute atomic E-state index is 0.554. The van der Waals surface area contributed by atoms with Crippen LogP contribution < -0.4 is 0 Å². The van der Waals surface area contributed by atoms with Crippen molar-refractivity contribution in [3.05, 3.63) is 30.3 Å². The van der Waals surface area contributed by atoms with Gasteiger partial charge in [-0.1, -0.05) is 18.2 Å². The van der Waals surface area contributed by atoms with E-state index in [1.807, 2.05) is 30.0 Å². The predicted octanol–water partition coefficient (Wildman–Crippen LogP) is 2.92. The van der Waals surface area contributed by atoms with E-state index in [1.54, 1.807) is 0 Å². The first-order valence-electron chi connectivity index (χ1n) is 5.45. The van der Waals surface area contributed by atoms with Crippen molar-refractivity contribution in [2.45, 2.75) is 23.0 Å². The van der Waals surface area contributed by atoms with E-state index in [-0.39, 0.29) is 0 Å². The number of carbonyl (C=O) groups is 1. The summed E-state index contributed by atoms with van der Waals surface area (Å²) in [5, 5.41) is 9.39. The molecule has 0 saturated carbocycles. The number of carboxylic acid groups (broad SMARTS) is 1. The van der Waals surface area contributed by atoms with Crippen LogP contribution in [0.4, 0.5) is 4.79 Å². The summed E-state index contributed by atoms with van der Waals surface area (Å²) in [5.41, 5.74) is 0. The Morgan fingerprint density at radius 2 is 1.88 bits per heavy atom. The number of likely N-dealkylation sites (tertiary alicyclic amines) is 1. The van der Waals surface area contributed by atoms with Gasteiger partial charge in [0.05, 0.1) is 0 Å². The van der Waals surface area contributed by atoms with E-state index >= 15 is 0 Å². The molecule has 0 atom stereocenters. The number of thioether (sulfide) groups is 1. The third kappa shape index (κ3) is 2.92. The van der Waals surface area contributed by atoms with Crippen LogP contribution in [0.25, 0.3) is 0 Å². The molecule has 0 aliphatic carbocycles. The van der Waals surface area contributed by atoms with E-state index in [0.29, 0.717) is 18.3 Å². The standard InChI is InChI=1S/C12H15NO2S/c14-12(15)13-8-6-11(7-9-13)16-10-4-2-1-3-5-10/h1-5,11H,6-9H2,(H,14,15). The molecule has 0 spiro atoms. The lowest BCUT2D eigenvalue weighted by Gasteiger charge is -2.29. The third-order valence-corrected chi connectivity index (χ3v) is 4.11. The molecule has 2 rings (SSSR count). The van der Waals surface area contributed by atoms with Crippen LogP contribution in [0.5, 0.6) is 0 Å². The van der Waals surface area contributed by atoms with E-state index in [4.69, 9.17) is 5.11 Å². The summed E-state index contributed by atoms with van der Waals surface area (Å²) in [7, 11) is 0. The van der Waals surface area contributed by atoms with Crippen molar-refractivity contribution in [1.29, 1.82) is 0 Å². The van der Waals surface area contributed by atoms with Crippen LogP contribution in [-0.4, -0.2) is 34.4 Å². The van der Waals surface area contributed by atoms with Crippen molar-refractivity contribution < 1.29 is 9.90 Å². The number of piperidine rings is 1. The van der Waals surface area contributed by atoms with E-state index in [1.165, 1.54) is 9.80 Å². The monoisotopic (exact) mass is 237 g/mol. The molecular formula is C12H15NO2S. The second-order valence-electron chi connectivity index (χ2n) is 3.90. The predicted molar refractivity (Wildman–Crippen MR) is 64.9 cm³/mol. The Hall–Kier alpha value is -1.16. The molecule has 86 valence electrons. The van der Waals surface area contributed by atoms with Crippen molar-refractivity contribution in [2.24, 2.45) is 0 Å². The van der Waals surface area contributed by atoms with E-state index in [0.717, 1.165) is 12.8 Å². The zero-order valence-electron chi connectivity index (χ0n) is 9.00. The van der Waals surface area contributed by atoms with Crippen molar-refractivity contribution in [2.75, 3.05) is 13.1 Å². The summed E-state index contributed by atoms with van der Waals surface area (Å²) in [6.45, 7) is 1.33. The molecule has 1 fully saturated rings. The first-order chi connectivity index (χ1) is 7.75. The van der Waals surface area contributed by atoms with Crippen LogP contribution in [-0.2, 0) is 0 Å². The van der Waals surface area contributed by atoms with Gasteiger partial charge in [0.15, 0.2) is 0 Å². The Labute approximate surface area is 99.5 Å². The van der Waals surface area contributed by atoms with Gasteiger partial charge in [0, 0.05) is 23.2 Å². The first-order valence-corrected chi connectivity index (χ1v) is 6.33. The fourth-order valence-electron chi connectivity index (χ4n) is 1.86. The average molecular weight is 237 g/mol. The largest absolute Gasteiger partial charge is 0.465 e. The first kappa shape index (κ1) is 11.3. The van der Waals surface area contributed by atoms with E-state index < -0.39 is 6.09 Å². The maximum Gasteiger partial charge on any atom is 0.407 e. The van der Waals surface area contributed by atoms with E-state index in [2.05, 4.69) is 12.1 Å². The summed E-state index contributed by atoms with van der Waals surface area (Å²) in [6.07, 6.45) is 1.11. The molecule has 4 heteroatoms. The van der Waals surface area contributed by atoms with Crippen molar-refractivity contribution >= 4 is 17.9 Å². The number of rotatable bonds is 2. The number of hydrogen-bond donors (Lipinski definition) is 1. The van der Waals surface area contributed by atoms with Crippen LogP contribution in [0.3, 0.4) is 0 Å². The van der Waals surface area contributed by atoms with Crippen molar-refractivity contribution in [1.82, 2.24) is 4.90 Å². The molecule has 16 heavy (non-hydrogen) atoms. The van der Waals surface area contributed by atoms with Crippen LogP contribution >= 0.6 is 11.8 Å². The van der Waals surface area contributed by atoms with Gasteiger partial charge in [-0.05, 0) is 25.0 Å². The Morgan fingerprint density at radius 3 is 2.44 bits per heavy atom. The average Bonchev–Trinajstić information content (AvgIpc) is 2.31. The van der Waals surface area contributed by atoms with Gasteiger partial charge in [-0.25, -0.2) is 4.79 Å². The van der Waals surface area contributed by atoms with Crippen LogP contribution in [0.2, 0.25) is 0 Å². The van der Waals surface area contributed by atoms with Crippen molar-refractivity contribution in [3.63, 3.8) is 0 Å². The molecule has 1 aromatic rings. The Kier molecular flexibility index (Phi) is 3.72.